The van der Waals surface area contributed by atoms with E-state index in [1.165, 1.54) is 25.5 Å². The van der Waals surface area contributed by atoms with Crippen LogP contribution in [0.2, 0.25) is 0 Å². The number of nitrogens with zero attached hydrogens (tertiary/aromatic N) is 1. The number of carbonyl (C=O) groups excluding carboxylic acids is 1. The maximum Gasteiger partial charge on any atom is 0.253 e. The molecule has 1 aromatic carbocycles. The molecule has 0 atom stereocenters. The second-order valence-electron chi connectivity index (χ2n) is 9.79. The number of rotatable bonds is 9. The highest BCUT2D eigenvalue weighted by molar-refractivity contribution is 6.10. The molecule has 2 aromatic rings. The van der Waals surface area contributed by atoms with Crippen molar-refractivity contribution in [2.45, 2.75) is 85.2 Å². The first-order valence-corrected chi connectivity index (χ1v) is 12.8. The van der Waals surface area contributed by atoms with Gasteiger partial charge in [-0.2, -0.15) is 0 Å². The highest BCUT2D eigenvalue weighted by atomic mass is 16.1. The monoisotopic (exact) mass is 476 g/mol. The van der Waals surface area contributed by atoms with Gasteiger partial charge >= 0.3 is 0 Å². The van der Waals surface area contributed by atoms with E-state index >= 15 is 0 Å². The first kappa shape index (κ1) is 26.5. The molecular weight excluding hydrogens is 436 g/mol. The summed E-state index contributed by atoms with van der Waals surface area (Å²) in [6.07, 6.45) is 11.4. The maximum atomic E-state index is 13.4. The van der Waals surface area contributed by atoms with Gasteiger partial charge in [-0.05, 0) is 80.5 Å². The van der Waals surface area contributed by atoms with Crippen LogP contribution >= 0.6 is 0 Å². The summed E-state index contributed by atoms with van der Waals surface area (Å²) >= 11 is 0. The van der Waals surface area contributed by atoms with Crippen molar-refractivity contribution in [3.63, 3.8) is 0 Å². The molecule has 1 fully saturated rings. The van der Waals surface area contributed by atoms with Crippen molar-refractivity contribution >= 4 is 23.4 Å². The molecule has 188 valence electrons. The van der Waals surface area contributed by atoms with Crippen LogP contribution in [0.3, 0.4) is 0 Å². The quantitative estimate of drug-likeness (QED) is 0.398. The average Bonchev–Trinajstić information content (AvgIpc) is 2.84. The summed E-state index contributed by atoms with van der Waals surface area (Å²) in [7, 11) is 2.12. The number of aryl methyl sites for hydroxylation is 2. The molecular formula is C29H40N4O2. The largest absolute Gasteiger partial charge is 0.371 e. The first-order chi connectivity index (χ1) is 16.8. The molecule has 1 aliphatic carbocycles. The van der Waals surface area contributed by atoms with E-state index in [0.717, 1.165) is 59.3 Å². The second kappa shape index (κ2) is 12.0. The number of allylic oxidation sites excluding steroid dienone is 2. The number of nitrogens with one attached hydrogen (secondary N) is 3. The third-order valence-corrected chi connectivity index (χ3v) is 7.19. The van der Waals surface area contributed by atoms with Crippen LogP contribution in [0.1, 0.15) is 90.2 Å². The van der Waals surface area contributed by atoms with E-state index in [9.17, 15) is 9.59 Å². The van der Waals surface area contributed by atoms with E-state index in [-0.39, 0.29) is 18.0 Å². The number of unbranched alkanes of at least 4 members (excludes halogenated alkanes) is 1. The fourth-order valence-electron chi connectivity index (χ4n) is 5.06. The molecule has 6 heteroatoms. The van der Waals surface area contributed by atoms with Gasteiger partial charge in [0.15, 0.2) is 0 Å². The van der Waals surface area contributed by atoms with Crippen LogP contribution < -0.4 is 15.8 Å². The number of aromatic amines is 1. The Morgan fingerprint density at radius 1 is 1.17 bits per heavy atom. The van der Waals surface area contributed by atoms with Crippen LogP contribution in [0, 0.1) is 26.2 Å². The van der Waals surface area contributed by atoms with Crippen molar-refractivity contribution in [2.75, 3.05) is 11.9 Å². The summed E-state index contributed by atoms with van der Waals surface area (Å²) in [4.78, 5) is 31.0. The number of pyridine rings is 1. The predicted octanol–water partition coefficient (Wildman–Crippen LogP) is 5.83. The lowest BCUT2D eigenvalue weighted by atomic mass is 9.92. The lowest BCUT2D eigenvalue weighted by Gasteiger charge is -2.34. The number of benzene rings is 1. The zero-order valence-corrected chi connectivity index (χ0v) is 21.9. The second-order valence-corrected chi connectivity index (χ2v) is 9.79. The molecule has 3 rings (SSSR count). The highest BCUT2D eigenvalue weighted by Crippen LogP contribution is 2.33. The molecule has 1 aromatic heterocycles. The fourth-order valence-corrected chi connectivity index (χ4v) is 5.06. The van der Waals surface area contributed by atoms with E-state index in [4.69, 9.17) is 5.41 Å². The van der Waals surface area contributed by atoms with Crippen molar-refractivity contribution < 1.29 is 4.79 Å². The van der Waals surface area contributed by atoms with Gasteiger partial charge in [0, 0.05) is 48.4 Å². The molecule has 35 heavy (non-hydrogen) atoms. The zero-order valence-electron chi connectivity index (χ0n) is 21.9. The lowest BCUT2D eigenvalue weighted by Crippen LogP contribution is -2.34. The van der Waals surface area contributed by atoms with E-state index in [0.29, 0.717) is 17.2 Å². The maximum absolute atomic E-state index is 13.4. The fraction of sp³-hybridized carbons (Fsp3) is 0.483. The van der Waals surface area contributed by atoms with E-state index in [1.807, 2.05) is 32.9 Å². The Kier molecular flexibility index (Phi) is 9.07. The summed E-state index contributed by atoms with van der Waals surface area (Å²) < 4.78 is 0. The number of H-pyrrole nitrogens is 1. The zero-order chi connectivity index (χ0) is 25.5. The van der Waals surface area contributed by atoms with Gasteiger partial charge in [0.2, 0.25) is 0 Å². The minimum Gasteiger partial charge on any atom is -0.371 e. The van der Waals surface area contributed by atoms with Crippen LogP contribution in [-0.4, -0.2) is 30.2 Å². The Hall–Kier alpha value is -3.15. The van der Waals surface area contributed by atoms with E-state index in [1.54, 1.807) is 0 Å². The number of aromatic nitrogens is 1. The number of amides is 1. The van der Waals surface area contributed by atoms with Gasteiger partial charge in [0.05, 0.1) is 0 Å². The van der Waals surface area contributed by atoms with E-state index < -0.39 is 0 Å². The van der Waals surface area contributed by atoms with Gasteiger partial charge in [-0.25, -0.2) is 0 Å². The molecule has 0 bridgehead atoms. The Balaban J connectivity index is 1.99. The van der Waals surface area contributed by atoms with Crippen LogP contribution in [0.4, 0.5) is 5.69 Å². The summed E-state index contributed by atoms with van der Waals surface area (Å²) in [6, 6.07) is 6.38. The third-order valence-electron chi connectivity index (χ3n) is 7.19. The molecule has 1 amide bonds. The van der Waals surface area contributed by atoms with Crippen LogP contribution in [-0.2, 0) is 6.54 Å². The van der Waals surface area contributed by atoms with Crippen LogP contribution in [0.15, 0.2) is 29.1 Å². The molecule has 1 aliphatic rings. The minimum atomic E-state index is -0.207. The van der Waals surface area contributed by atoms with Gasteiger partial charge in [0.25, 0.3) is 11.5 Å². The summed E-state index contributed by atoms with van der Waals surface area (Å²) in [5.74, 6) is -0.207. The molecule has 0 aliphatic heterocycles. The molecule has 6 nitrogen and oxygen atoms in total. The summed E-state index contributed by atoms with van der Waals surface area (Å²) in [5.41, 5.74) is 6.33. The first-order valence-electron chi connectivity index (χ1n) is 12.8. The van der Waals surface area contributed by atoms with Gasteiger partial charge in [0.1, 0.15) is 0 Å². The smallest absolute Gasteiger partial charge is 0.253 e. The molecule has 1 saturated carbocycles. The highest BCUT2D eigenvalue weighted by Gasteiger charge is 2.23. The molecule has 0 unspecified atom stereocenters. The van der Waals surface area contributed by atoms with Crippen molar-refractivity contribution in [3.8, 4) is 0 Å². The Morgan fingerprint density at radius 2 is 1.89 bits per heavy atom. The number of hydrogen-bond acceptors (Lipinski definition) is 4. The molecule has 3 N–H and O–H groups in total. The Morgan fingerprint density at radius 3 is 2.51 bits per heavy atom. The standard InChI is InChI=1S/C29H40N4O2/c1-6-7-11-22(17-30)23-15-25(21(4)27(16-23)33(5)24-12-9-8-10-13-24)28(34)31-18-26-19(2)14-20(3)32-29(26)35/h11,14-17,24,30H,6-10,12-13,18H2,1-5H3,(H,31,34)(H,32,35)/b22-11+,30-17?. The van der Waals surface area contributed by atoms with Gasteiger partial charge in [-0.15, -0.1) is 0 Å². The summed E-state index contributed by atoms with van der Waals surface area (Å²) in [6.45, 7) is 8.02. The Labute approximate surface area is 209 Å². The summed E-state index contributed by atoms with van der Waals surface area (Å²) in [5, 5.41) is 11.0. The Bertz CT molecular complexity index is 1160. The molecule has 0 saturated heterocycles. The van der Waals surface area contributed by atoms with Crippen LogP contribution in [0.5, 0.6) is 0 Å². The topological polar surface area (TPSA) is 89.0 Å². The van der Waals surface area contributed by atoms with Crippen molar-refractivity contribution in [3.05, 3.63) is 68.1 Å². The van der Waals surface area contributed by atoms with Gasteiger partial charge in [-0.1, -0.05) is 38.7 Å². The normalized spacial score (nSPS) is 14.6. The van der Waals surface area contributed by atoms with Crippen molar-refractivity contribution in [2.24, 2.45) is 0 Å². The molecule has 1 heterocycles. The van der Waals surface area contributed by atoms with Crippen molar-refractivity contribution in [1.29, 1.82) is 5.41 Å². The average molecular weight is 477 g/mol. The van der Waals surface area contributed by atoms with E-state index in [2.05, 4.69) is 41.3 Å². The number of carbonyl (C=O) groups is 1. The van der Waals surface area contributed by atoms with Gasteiger partial charge < -0.3 is 20.6 Å². The minimum absolute atomic E-state index is 0.167. The predicted molar refractivity (Wildman–Crippen MR) is 146 cm³/mol. The SMILES string of the molecule is CCC/C=C(\C=N)c1cc(C(=O)NCc2c(C)cc(C)[nH]c2=O)c(C)c(N(C)C2CCCCC2)c1. The lowest BCUT2D eigenvalue weighted by molar-refractivity contribution is 0.0950. The molecule has 0 radical (unpaired) electrons. The number of anilines is 1. The molecule has 0 spiro atoms. The third kappa shape index (κ3) is 6.30. The van der Waals surface area contributed by atoms with Gasteiger partial charge in [-0.3, -0.25) is 9.59 Å². The number of hydrogen-bond donors (Lipinski definition) is 3. The van der Waals surface area contributed by atoms with Crippen molar-refractivity contribution in [1.82, 2.24) is 10.3 Å². The van der Waals surface area contributed by atoms with Crippen LogP contribution in [0.25, 0.3) is 5.57 Å².